The molecule has 0 unspecified atom stereocenters. The summed E-state index contributed by atoms with van der Waals surface area (Å²) >= 11 is 0. The standard InChI is InChI=1S/C27H45NO3/c1-15-5-10-27(30-14-15)16(2)24-23(31-27)13-20-18-12-22(29)21-11-17(28)6-8-25(21,3)19(18)7-9-26(20,24)4/h15-24,29H,5-14,28H2,1-4H3/t15-,16+,17+,18-,19-,20-,21-,22+,23-,24+,25-,26+,27-/m1/s1. The van der Waals surface area contributed by atoms with Crippen molar-refractivity contribution in [3.63, 3.8) is 0 Å². The van der Waals surface area contributed by atoms with Crippen molar-refractivity contribution in [2.45, 2.75) is 110 Å². The van der Waals surface area contributed by atoms with Gasteiger partial charge in [-0.25, -0.2) is 0 Å². The van der Waals surface area contributed by atoms with E-state index in [1.54, 1.807) is 0 Å². The lowest BCUT2D eigenvalue weighted by Crippen LogP contribution is -2.59. The van der Waals surface area contributed by atoms with Gasteiger partial charge in [-0.3, -0.25) is 0 Å². The monoisotopic (exact) mass is 431 g/mol. The van der Waals surface area contributed by atoms with Crippen molar-refractivity contribution in [2.24, 2.45) is 58.0 Å². The number of hydrogen-bond acceptors (Lipinski definition) is 4. The molecule has 6 aliphatic rings. The van der Waals surface area contributed by atoms with E-state index >= 15 is 0 Å². The molecule has 6 rings (SSSR count). The molecule has 4 aliphatic carbocycles. The van der Waals surface area contributed by atoms with Crippen LogP contribution in [0, 0.1) is 52.3 Å². The van der Waals surface area contributed by atoms with Gasteiger partial charge in [0.25, 0.3) is 0 Å². The van der Waals surface area contributed by atoms with Gasteiger partial charge in [0.2, 0.25) is 0 Å². The lowest BCUT2D eigenvalue weighted by Gasteiger charge is -2.62. The molecule has 13 atom stereocenters. The molecular weight excluding hydrogens is 386 g/mol. The van der Waals surface area contributed by atoms with E-state index in [0.29, 0.717) is 47.0 Å². The molecule has 2 saturated heterocycles. The Bertz CT molecular complexity index is 719. The molecule has 0 aromatic rings. The van der Waals surface area contributed by atoms with Gasteiger partial charge in [-0.1, -0.05) is 27.7 Å². The van der Waals surface area contributed by atoms with E-state index in [-0.39, 0.29) is 23.3 Å². The van der Waals surface area contributed by atoms with Gasteiger partial charge in [-0.15, -0.1) is 0 Å². The molecule has 0 aromatic carbocycles. The highest BCUT2D eigenvalue weighted by Gasteiger charge is 2.69. The quantitative estimate of drug-likeness (QED) is 0.582. The fraction of sp³-hybridized carbons (Fsp3) is 1.00. The summed E-state index contributed by atoms with van der Waals surface area (Å²) in [6, 6.07) is 0.285. The Morgan fingerprint density at radius 3 is 2.39 bits per heavy atom. The number of aliphatic hydroxyl groups excluding tert-OH is 1. The van der Waals surface area contributed by atoms with E-state index in [4.69, 9.17) is 15.2 Å². The zero-order valence-electron chi connectivity index (χ0n) is 20.2. The van der Waals surface area contributed by atoms with Gasteiger partial charge in [0.15, 0.2) is 5.79 Å². The summed E-state index contributed by atoms with van der Waals surface area (Å²) in [5, 5.41) is 11.3. The summed E-state index contributed by atoms with van der Waals surface area (Å²) < 4.78 is 13.3. The maximum atomic E-state index is 11.3. The van der Waals surface area contributed by atoms with Gasteiger partial charge in [-0.05, 0) is 97.7 Å². The van der Waals surface area contributed by atoms with E-state index in [9.17, 15) is 5.11 Å². The van der Waals surface area contributed by atoms with Crippen molar-refractivity contribution < 1.29 is 14.6 Å². The third kappa shape index (κ3) is 2.80. The molecule has 0 amide bonds. The Hall–Kier alpha value is -0.160. The van der Waals surface area contributed by atoms with Crippen LogP contribution in [0.1, 0.15) is 85.5 Å². The van der Waals surface area contributed by atoms with Crippen molar-refractivity contribution >= 4 is 0 Å². The van der Waals surface area contributed by atoms with Crippen LogP contribution in [0.25, 0.3) is 0 Å². The maximum absolute atomic E-state index is 11.3. The van der Waals surface area contributed by atoms with Crippen molar-refractivity contribution in [2.75, 3.05) is 6.61 Å². The second-order valence-corrected chi connectivity index (χ2v) is 13.3. The molecule has 2 aliphatic heterocycles. The van der Waals surface area contributed by atoms with Crippen molar-refractivity contribution in [1.82, 2.24) is 0 Å². The molecule has 2 heterocycles. The van der Waals surface area contributed by atoms with Crippen LogP contribution in [0.4, 0.5) is 0 Å². The van der Waals surface area contributed by atoms with E-state index in [0.717, 1.165) is 38.2 Å². The molecule has 0 aromatic heterocycles. The Labute approximate surface area is 189 Å². The molecule has 1 spiro atoms. The first-order valence-electron chi connectivity index (χ1n) is 13.4. The topological polar surface area (TPSA) is 64.7 Å². The van der Waals surface area contributed by atoms with Crippen molar-refractivity contribution in [3.05, 3.63) is 0 Å². The van der Waals surface area contributed by atoms with Gasteiger partial charge in [0.1, 0.15) is 0 Å². The van der Waals surface area contributed by atoms with Gasteiger partial charge < -0.3 is 20.3 Å². The highest BCUT2D eigenvalue weighted by molar-refractivity contribution is 5.16. The molecule has 4 heteroatoms. The fourth-order valence-corrected chi connectivity index (χ4v) is 10.3. The molecule has 3 N–H and O–H groups in total. The molecule has 4 saturated carbocycles. The van der Waals surface area contributed by atoms with E-state index < -0.39 is 0 Å². The average Bonchev–Trinajstić information content (AvgIpc) is 3.17. The first-order chi connectivity index (χ1) is 14.7. The summed E-state index contributed by atoms with van der Waals surface area (Å²) in [5.41, 5.74) is 6.95. The Balaban J connectivity index is 1.28. The predicted octanol–water partition coefficient (Wildman–Crippen LogP) is 4.73. The predicted molar refractivity (Wildman–Crippen MR) is 121 cm³/mol. The van der Waals surface area contributed by atoms with Crippen LogP contribution < -0.4 is 5.73 Å². The zero-order valence-corrected chi connectivity index (χ0v) is 20.2. The molecular formula is C27H45NO3. The van der Waals surface area contributed by atoms with Crippen LogP contribution in [-0.4, -0.2) is 35.8 Å². The summed E-state index contributed by atoms with van der Waals surface area (Å²) in [5.74, 6) is 3.90. The van der Waals surface area contributed by atoms with E-state index in [1.165, 1.54) is 32.1 Å². The number of ether oxygens (including phenoxy) is 2. The summed E-state index contributed by atoms with van der Waals surface area (Å²) in [4.78, 5) is 0. The summed E-state index contributed by atoms with van der Waals surface area (Å²) in [6.45, 7) is 10.7. The number of hydrogen-bond donors (Lipinski definition) is 2. The zero-order chi connectivity index (χ0) is 21.8. The SMILES string of the molecule is C[C@@H]1CC[C@@]2(OC1)O[C@@H]1C[C@@H]3[C@@H]4C[C@H](O)[C@H]5C[C@@H](N)CC[C@]5(C)[C@@H]4CC[C@]3(C)[C@H]1[C@@H]2C. The Morgan fingerprint density at radius 2 is 1.65 bits per heavy atom. The van der Waals surface area contributed by atoms with E-state index in [2.05, 4.69) is 27.7 Å². The lowest BCUT2D eigenvalue weighted by atomic mass is 9.43. The third-order valence-electron chi connectivity index (χ3n) is 12.0. The van der Waals surface area contributed by atoms with Crippen molar-refractivity contribution in [1.29, 1.82) is 0 Å². The molecule has 4 nitrogen and oxygen atoms in total. The maximum Gasteiger partial charge on any atom is 0.171 e. The average molecular weight is 432 g/mol. The van der Waals surface area contributed by atoms with Crippen LogP contribution in [0.5, 0.6) is 0 Å². The molecule has 0 radical (unpaired) electrons. The van der Waals surface area contributed by atoms with Crippen LogP contribution in [0.15, 0.2) is 0 Å². The summed E-state index contributed by atoms with van der Waals surface area (Å²) in [6.07, 6.45) is 10.6. The van der Waals surface area contributed by atoms with Gasteiger partial charge in [-0.2, -0.15) is 0 Å². The number of fused-ring (bicyclic) bond motifs is 7. The van der Waals surface area contributed by atoms with E-state index in [1.807, 2.05) is 0 Å². The molecule has 0 bridgehead atoms. The number of aliphatic hydroxyl groups is 1. The number of nitrogens with two attached hydrogens (primary N) is 1. The van der Waals surface area contributed by atoms with Gasteiger partial charge >= 0.3 is 0 Å². The lowest BCUT2D eigenvalue weighted by molar-refractivity contribution is -0.273. The highest BCUT2D eigenvalue weighted by atomic mass is 16.7. The minimum absolute atomic E-state index is 0.173. The fourth-order valence-electron chi connectivity index (χ4n) is 10.3. The van der Waals surface area contributed by atoms with Crippen LogP contribution >= 0.6 is 0 Å². The van der Waals surface area contributed by atoms with Crippen LogP contribution in [-0.2, 0) is 9.47 Å². The smallest absolute Gasteiger partial charge is 0.171 e. The van der Waals surface area contributed by atoms with Gasteiger partial charge in [0.05, 0.1) is 18.8 Å². The minimum atomic E-state index is -0.324. The molecule has 176 valence electrons. The second kappa shape index (κ2) is 6.93. The molecule has 6 fully saturated rings. The first-order valence-corrected chi connectivity index (χ1v) is 13.4. The van der Waals surface area contributed by atoms with Crippen molar-refractivity contribution in [3.8, 4) is 0 Å². The first kappa shape index (κ1) is 21.4. The third-order valence-corrected chi connectivity index (χ3v) is 12.0. The summed E-state index contributed by atoms with van der Waals surface area (Å²) in [7, 11) is 0. The van der Waals surface area contributed by atoms with Crippen LogP contribution in [0.2, 0.25) is 0 Å². The largest absolute Gasteiger partial charge is 0.393 e. The molecule has 31 heavy (non-hydrogen) atoms. The second-order valence-electron chi connectivity index (χ2n) is 13.3. The Morgan fingerprint density at radius 1 is 0.871 bits per heavy atom. The Kier molecular flexibility index (Phi) is 4.78. The minimum Gasteiger partial charge on any atom is -0.393 e. The highest BCUT2D eigenvalue weighted by Crippen LogP contribution is 2.71. The normalized spacial score (nSPS) is 63.3. The number of rotatable bonds is 0. The van der Waals surface area contributed by atoms with Gasteiger partial charge in [0, 0.05) is 18.4 Å². The van der Waals surface area contributed by atoms with Crippen LogP contribution in [0.3, 0.4) is 0 Å².